The van der Waals surface area contributed by atoms with E-state index >= 15 is 0 Å². The fourth-order valence-electron chi connectivity index (χ4n) is 6.90. The van der Waals surface area contributed by atoms with Gasteiger partial charge in [0.25, 0.3) is 0 Å². The van der Waals surface area contributed by atoms with Crippen molar-refractivity contribution in [1.29, 1.82) is 0 Å². The number of rotatable bonds is 3. The molecule has 2 bridgehead atoms. The van der Waals surface area contributed by atoms with Crippen molar-refractivity contribution in [3.8, 4) is 0 Å². The summed E-state index contributed by atoms with van der Waals surface area (Å²) in [5.74, 6) is -0.320. The molecule has 0 aromatic carbocycles. The molecule has 8 atom stereocenters. The molecular formula is C22H36O5. The molecule has 0 amide bonds. The Hall–Kier alpha value is -0.940. The summed E-state index contributed by atoms with van der Waals surface area (Å²) in [4.78, 5) is 25.2. The van der Waals surface area contributed by atoms with Gasteiger partial charge < -0.3 is 14.9 Å². The van der Waals surface area contributed by atoms with E-state index in [2.05, 4.69) is 34.6 Å². The standard InChI is InChI=1S/C22H36O5/c1-6-20(4)11-16(27-17(25)12-23)21(5)13(2)7-9-22(14(3)19(20)26)10-8-15(24)18(21)22/h13-14,16,18-19,23,26H,6-12H2,1-5H3/t13-,14+,16-,18+,19+,20-,21-,22-/m1/s1. The summed E-state index contributed by atoms with van der Waals surface area (Å²) in [5.41, 5.74) is -1.10. The normalized spacial score (nSPS) is 49.9. The molecule has 3 fully saturated rings. The topological polar surface area (TPSA) is 83.8 Å². The van der Waals surface area contributed by atoms with Crippen LogP contribution in [0.15, 0.2) is 0 Å². The first-order chi connectivity index (χ1) is 12.6. The molecule has 0 spiro atoms. The average molecular weight is 381 g/mol. The lowest BCUT2D eigenvalue weighted by Gasteiger charge is -2.62. The van der Waals surface area contributed by atoms with Gasteiger partial charge in [0.1, 0.15) is 18.5 Å². The first-order valence-corrected chi connectivity index (χ1v) is 10.6. The van der Waals surface area contributed by atoms with E-state index in [0.717, 1.165) is 25.7 Å². The first kappa shape index (κ1) is 20.8. The third-order valence-electron chi connectivity index (χ3n) is 9.11. The van der Waals surface area contributed by atoms with Crippen LogP contribution in [-0.4, -0.2) is 40.8 Å². The number of hydrogen-bond acceptors (Lipinski definition) is 5. The number of Topliss-reactive ketones (excluding diaryl/α,β-unsaturated/α-hetero) is 1. The largest absolute Gasteiger partial charge is 0.460 e. The molecule has 3 rings (SSSR count). The molecule has 0 heterocycles. The van der Waals surface area contributed by atoms with Crippen molar-refractivity contribution >= 4 is 11.8 Å². The molecular weight excluding hydrogens is 344 g/mol. The predicted octanol–water partition coefficient (Wildman–Crippen LogP) is 3.11. The van der Waals surface area contributed by atoms with Gasteiger partial charge in [-0.25, -0.2) is 4.79 Å². The van der Waals surface area contributed by atoms with Crippen LogP contribution in [0.25, 0.3) is 0 Å². The number of hydrogen-bond donors (Lipinski definition) is 2. The van der Waals surface area contributed by atoms with Crippen LogP contribution < -0.4 is 0 Å². The van der Waals surface area contributed by atoms with E-state index in [0.29, 0.717) is 12.8 Å². The van der Waals surface area contributed by atoms with Crippen molar-refractivity contribution in [3.63, 3.8) is 0 Å². The highest BCUT2D eigenvalue weighted by Crippen LogP contribution is 2.68. The van der Waals surface area contributed by atoms with E-state index in [4.69, 9.17) is 4.74 Å². The minimum absolute atomic E-state index is 0.0280. The van der Waals surface area contributed by atoms with Crippen LogP contribution in [-0.2, 0) is 14.3 Å². The molecule has 0 aromatic rings. The third-order valence-corrected chi connectivity index (χ3v) is 9.11. The van der Waals surface area contributed by atoms with Gasteiger partial charge in [0.2, 0.25) is 0 Å². The van der Waals surface area contributed by atoms with Crippen molar-refractivity contribution < 1.29 is 24.5 Å². The summed E-state index contributed by atoms with van der Waals surface area (Å²) in [6, 6.07) is 0. The van der Waals surface area contributed by atoms with Gasteiger partial charge in [0.05, 0.1) is 6.10 Å². The molecule has 5 nitrogen and oxygen atoms in total. The Labute approximate surface area is 162 Å². The maximum Gasteiger partial charge on any atom is 0.332 e. The summed E-state index contributed by atoms with van der Waals surface area (Å²) >= 11 is 0. The Morgan fingerprint density at radius 1 is 1.26 bits per heavy atom. The van der Waals surface area contributed by atoms with Crippen LogP contribution in [0.1, 0.15) is 73.1 Å². The van der Waals surface area contributed by atoms with Gasteiger partial charge in [0, 0.05) is 17.8 Å². The van der Waals surface area contributed by atoms with Gasteiger partial charge in [0.15, 0.2) is 0 Å². The Kier molecular flexibility index (Phi) is 5.26. The van der Waals surface area contributed by atoms with Gasteiger partial charge in [-0.2, -0.15) is 0 Å². The molecule has 3 aliphatic rings. The van der Waals surface area contributed by atoms with Crippen LogP contribution in [0.2, 0.25) is 0 Å². The van der Waals surface area contributed by atoms with Gasteiger partial charge >= 0.3 is 5.97 Å². The zero-order chi connectivity index (χ0) is 20.2. The molecule has 0 aromatic heterocycles. The summed E-state index contributed by atoms with van der Waals surface area (Å²) in [6.07, 6.45) is 3.53. The predicted molar refractivity (Wildman–Crippen MR) is 102 cm³/mol. The Balaban J connectivity index is 2.19. The maximum absolute atomic E-state index is 13.1. The highest BCUT2D eigenvalue weighted by Gasteiger charge is 2.68. The van der Waals surface area contributed by atoms with Gasteiger partial charge in [-0.15, -0.1) is 0 Å². The lowest BCUT2D eigenvalue weighted by molar-refractivity contribution is -0.213. The van der Waals surface area contributed by atoms with E-state index in [1.807, 2.05) is 0 Å². The number of carbonyl (C=O) groups is 2. The zero-order valence-electron chi connectivity index (χ0n) is 17.5. The molecule has 0 radical (unpaired) electrons. The Morgan fingerprint density at radius 3 is 2.52 bits per heavy atom. The molecule has 0 saturated heterocycles. The van der Waals surface area contributed by atoms with Crippen molar-refractivity contribution in [2.75, 3.05) is 6.61 Å². The number of aliphatic hydroxyl groups is 2. The number of esters is 1. The smallest absolute Gasteiger partial charge is 0.332 e. The average Bonchev–Trinajstić information content (AvgIpc) is 3.00. The van der Waals surface area contributed by atoms with E-state index in [1.165, 1.54) is 0 Å². The molecule has 154 valence electrons. The van der Waals surface area contributed by atoms with Crippen LogP contribution in [0.3, 0.4) is 0 Å². The maximum atomic E-state index is 13.1. The molecule has 0 unspecified atom stereocenters. The molecule has 27 heavy (non-hydrogen) atoms. The summed E-state index contributed by atoms with van der Waals surface area (Å²) < 4.78 is 5.82. The van der Waals surface area contributed by atoms with Crippen LogP contribution in [0.5, 0.6) is 0 Å². The molecule has 2 N–H and O–H groups in total. The third kappa shape index (κ3) is 2.79. The van der Waals surface area contributed by atoms with E-state index in [-0.39, 0.29) is 29.0 Å². The van der Waals surface area contributed by atoms with Crippen LogP contribution in [0.4, 0.5) is 0 Å². The number of ether oxygens (including phenoxy) is 1. The van der Waals surface area contributed by atoms with Crippen molar-refractivity contribution in [2.45, 2.75) is 85.4 Å². The lowest BCUT2D eigenvalue weighted by Crippen LogP contribution is -2.63. The zero-order valence-corrected chi connectivity index (χ0v) is 17.5. The Morgan fingerprint density at radius 2 is 1.93 bits per heavy atom. The number of aliphatic hydroxyl groups excluding tert-OH is 2. The fraction of sp³-hybridized carbons (Fsp3) is 0.909. The molecule has 3 saturated carbocycles. The van der Waals surface area contributed by atoms with Gasteiger partial charge in [-0.05, 0) is 54.8 Å². The molecule has 3 aliphatic carbocycles. The summed E-state index contributed by atoms with van der Waals surface area (Å²) in [6.45, 7) is 9.90. The second-order valence-electron chi connectivity index (χ2n) is 10.0. The van der Waals surface area contributed by atoms with E-state index in [1.54, 1.807) is 0 Å². The van der Waals surface area contributed by atoms with Crippen LogP contribution in [0, 0.1) is 34.0 Å². The summed E-state index contributed by atoms with van der Waals surface area (Å²) in [7, 11) is 0. The number of ketones is 1. The Bertz CT molecular complexity index is 618. The quantitative estimate of drug-likeness (QED) is 0.735. The lowest BCUT2D eigenvalue weighted by atomic mass is 9.43. The van der Waals surface area contributed by atoms with E-state index < -0.39 is 35.6 Å². The fourth-order valence-corrected chi connectivity index (χ4v) is 6.90. The van der Waals surface area contributed by atoms with E-state index in [9.17, 15) is 19.8 Å². The minimum Gasteiger partial charge on any atom is -0.460 e. The second kappa shape index (κ2) is 6.84. The molecule has 5 heteroatoms. The van der Waals surface area contributed by atoms with Crippen molar-refractivity contribution in [2.24, 2.45) is 34.0 Å². The second-order valence-corrected chi connectivity index (χ2v) is 10.0. The first-order valence-electron chi connectivity index (χ1n) is 10.6. The van der Waals surface area contributed by atoms with Crippen molar-refractivity contribution in [1.82, 2.24) is 0 Å². The van der Waals surface area contributed by atoms with Gasteiger partial charge in [-0.1, -0.05) is 34.6 Å². The highest BCUT2D eigenvalue weighted by molar-refractivity contribution is 5.85. The number of carbonyl (C=O) groups excluding carboxylic acids is 2. The summed E-state index contributed by atoms with van der Waals surface area (Å²) in [5, 5.41) is 20.7. The SMILES string of the molecule is CC[C@]1(C)C[C@@H](OC(=O)CO)[C@@]2(C)[C@H](C)CC[C@@]3(CCC(=O)[C@H]32)[C@@H](C)[C@@H]1O. The van der Waals surface area contributed by atoms with Gasteiger partial charge in [-0.3, -0.25) is 4.79 Å². The monoisotopic (exact) mass is 380 g/mol. The van der Waals surface area contributed by atoms with Crippen LogP contribution >= 0.6 is 0 Å². The van der Waals surface area contributed by atoms with Crippen molar-refractivity contribution in [3.05, 3.63) is 0 Å². The molecule has 0 aliphatic heterocycles. The minimum atomic E-state index is -0.660. The highest BCUT2D eigenvalue weighted by atomic mass is 16.6.